The Balaban J connectivity index is 1.24. The van der Waals surface area contributed by atoms with Gasteiger partial charge in [0, 0.05) is 31.0 Å². The van der Waals surface area contributed by atoms with Crippen LogP contribution >= 0.6 is 11.3 Å². The van der Waals surface area contributed by atoms with E-state index < -0.39 is 0 Å². The zero-order valence-electron chi connectivity index (χ0n) is 15.7. The maximum Gasteiger partial charge on any atom is 0.231 e. The summed E-state index contributed by atoms with van der Waals surface area (Å²) in [6, 6.07) is 9.49. The van der Waals surface area contributed by atoms with Gasteiger partial charge in [0.1, 0.15) is 5.82 Å². The van der Waals surface area contributed by atoms with Gasteiger partial charge in [-0.1, -0.05) is 6.07 Å². The first-order chi connectivity index (χ1) is 14.7. The van der Waals surface area contributed by atoms with E-state index in [1.807, 2.05) is 35.7 Å². The molecule has 4 heterocycles. The molecule has 0 spiro atoms. The van der Waals surface area contributed by atoms with Gasteiger partial charge < -0.3 is 20.1 Å². The van der Waals surface area contributed by atoms with Gasteiger partial charge in [-0.2, -0.15) is 4.52 Å². The predicted octanol–water partition coefficient (Wildman–Crippen LogP) is 2.49. The number of nitrogens with zero attached hydrogens (tertiary/aromatic N) is 5. The average molecular weight is 423 g/mol. The first-order valence-electron chi connectivity index (χ1n) is 9.28. The number of hydrogen-bond acceptors (Lipinski definition) is 9. The number of fused-ring (bicyclic) bond motifs is 2. The first-order valence-corrected chi connectivity index (χ1v) is 10.2. The second-order valence-electron chi connectivity index (χ2n) is 6.53. The van der Waals surface area contributed by atoms with Crippen molar-refractivity contribution in [2.24, 2.45) is 0 Å². The van der Waals surface area contributed by atoms with Gasteiger partial charge in [0.2, 0.25) is 12.7 Å². The zero-order valence-corrected chi connectivity index (χ0v) is 16.6. The molecule has 0 aliphatic carbocycles. The Morgan fingerprint density at radius 1 is 1.17 bits per heavy atom. The molecule has 0 bridgehead atoms. The van der Waals surface area contributed by atoms with E-state index in [1.165, 1.54) is 11.3 Å². The molecule has 30 heavy (non-hydrogen) atoms. The molecule has 1 aromatic carbocycles. The Labute approximate surface area is 174 Å². The fourth-order valence-electron chi connectivity index (χ4n) is 3.02. The molecular weight excluding hydrogens is 406 g/mol. The molecule has 10 nitrogen and oxygen atoms in total. The fourth-order valence-corrected chi connectivity index (χ4v) is 3.56. The summed E-state index contributed by atoms with van der Waals surface area (Å²) in [6.45, 7) is 0.825. The number of aryl methyl sites for hydroxylation is 1. The third kappa shape index (κ3) is 3.87. The molecule has 11 heteroatoms. The van der Waals surface area contributed by atoms with Crippen LogP contribution in [0.3, 0.4) is 0 Å². The van der Waals surface area contributed by atoms with Crippen LogP contribution in [-0.4, -0.2) is 37.5 Å². The van der Waals surface area contributed by atoms with Crippen molar-refractivity contribution < 1.29 is 14.3 Å². The van der Waals surface area contributed by atoms with Crippen molar-refractivity contribution in [2.45, 2.75) is 19.4 Å². The number of nitrogens with one attached hydrogen (secondary N) is 2. The number of benzene rings is 1. The molecule has 0 saturated carbocycles. The van der Waals surface area contributed by atoms with E-state index >= 15 is 0 Å². The van der Waals surface area contributed by atoms with E-state index in [2.05, 4.69) is 30.9 Å². The average Bonchev–Trinajstić information content (AvgIpc) is 3.51. The largest absolute Gasteiger partial charge is 0.454 e. The van der Waals surface area contributed by atoms with Gasteiger partial charge in [-0.25, -0.2) is 4.98 Å². The monoisotopic (exact) mass is 423 g/mol. The lowest BCUT2D eigenvalue weighted by molar-refractivity contribution is -0.116. The molecule has 0 radical (unpaired) electrons. The van der Waals surface area contributed by atoms with Gasteiger partial charge in [-0.15, -0.1) is 26.6 Å². The van der Waals surface area contributed by atoms with Crippen molar-refractivity contribution in [3.8, 4) is 11.5 Å². The molecule has 0 unspecified atom stereocenters. The number of anilines is 2. The third-order valence-corrected chi connectivity index (χ3v) is 5.18. The second kappa shape index (κ2) is 7.95. The van der Waals surface area contributed by atoms with Crippen LogP contribution in [-0.2, 0) is 17.8 Å². The molecular formula is C19H17N7O3S. The van der Waals surface area contributed by atoms with Crippen LogP contribution < -0.4 is 20.1 Å². The quantitative estimate of drug-likeness (QED) is 0.466. The van der Waals surface area contributed by atoms with E-state index in [1.54, 1.807) is 10.7 Å². The summed E-state index contributed by atoms with van der Waals surface area (Å²) in [5.74, 6) is 2.67. The highest BCUT2D eigenvalue weighted by molar-refractivity contribution is 7.13. The highest BCUT2D eigenvalue weighted by Gasteiger charge is 2.14. The molecule has 0 fully saturated rings. The van der Waals surface area contributed by atoms with Crippen molar-refractivity contribution in [2.75, 3.05) is 17.4 Å². The molecule has 1 aliphatic heterocycles. The molecule has 0 saturated heterocycles. The summed E-state index contributed by atoms with van der Waals surface area (Å²) in [5, 5.41) is 21.3. The van der Waals surface area contributed by atoms with Crippen LogP contribution in [0.5, 0.6) is 11.5 Å². The number of rotatable bonds is 7. The van der Waals surface area contributed by atoms with Crippen LogP contribution in [0.2, 0.25) is 0 Å². The smallest absolute Gasteiger partial charge is 0.231 e. The zero-order chi connectivity index (χ0) is 20.3. The Morgan fingerprint density at radius 2 is 2.10 bits per heavy atom. The Kier molecular flexibility index (Phi) is 4.85. The fraction of sp³-hybridized carbons (Fsp3) is 0.211. The number of carbonyl (C=O) groups is 1. The molecule has 4 aromatic rings. The highest BCUT2D eigenvalue weighted by atomic mass is 32.1. The van der Waals surface area contributed by atoms with Crippen molar-refractivity contribution >= 4 is 33.8 Å². The predicted molar refractivity (Wildman–Crippen MR) is 110 cm³/mol. The van der Waals surface area contributed by atoms with Gasteiger partial charge in [0.15, 0.2) is 28.1 Å². The molecule has 3 aromatic heterocycles. The van der Waals surface area contributed by atoms with Gasteiger partial charge in [0.05, 0.1) is 0 Å². The number of hydrogen-bond donors (Lipinski definition) is 2. The third-order valence-electron chi connectivity index (χ3n) is 4.49. The minimum Gasteiger partial charge on any atom is -0.454 e. The summed E-state index contributed by atoms with van der Waals surface area (Å²) in [6.07, 6.45) is 2.32. The lowest BCUT2D eigenvalue weighted by atomic mass is 10.2. The normalized spacial score (nSPS) is 12.3. The molecule has 0 atom stereocenters. The Bertz CT molecular complexity index is 1190. The number of amides is 1. The van der Waals surface area contributed by atoms with Crippen LogP contribution in [0, 0.1) is 0 Å². The van der Waals surface area contributed by atoms with E-state index in [0.29, 0.717) is 35.4 Å². The Morgan fingerprint density at radius 3 is 3.00 bits per heavy atom. The van der Waals surface area contributed by atoms with E-state index in [4.69, 9.17) is 9.47 Å². The van der Waals surface area contributed by atoms with Gasteiger partial charge in [-0.05, 0) is 29.8 Å². The first kappa shape index (κ1) is 18.3. The van der Waals surface area contributed by atoms with E-state index in [-0.39, 0.29) is 19.1 Å². The summed E-state index contributed by atoms with van der Waals surface area (Å²) in [7, 11) is 0. The van der Waals surface area contributed by atoms with Gasteiger partial charge in [-0.3, -0.25) is 4.79 Å². The van der Waals surface area contributed by atoms with Crippen LogP contribution in [0.1, 0.15) is 17.8 Å². The van der Waals surface area contributed by atoms with Gasteiger partial charge >= 0.3 is 0 Å². The number of aromatic nitrogens is 5. The van der Waals surface area contributed by atoms with Crippen molar-refractivity contribution in [1.82, 2.24) is 24.8 Å². The number of carbonyl (C=O) groups excluding carboxylic acids is 1. The van der Waals surface area contributed by atoms with Gasteiger partial charge in [0.25, 0.3) is 0 Å². The number of ether oxygens (including phenoxy) is 2. The molecule has 5 rings (SSSR count). The van der Waals surface area contributed by atoms with E-state index in [0.717, 1.165) is 17.1 Å². The maximum absolute atomic E-state index is 12.1. The lowest BCUT2D eigenvalue weighted by Crippen LogP contribution is -2.13. The molecule has 2 N–H and O–H groups in total. The number of thiazole rings is 1. The second-order valence-corrected chi connectivity index (χ2v) is 7.43. The van der Waals surface area contributed by atoms with Crippen molar-refractivity contribution in [3.05, 3.63) is 53.3 Å². The summed E-state index contributed by atoms with van der Waals surface area (Å²) < 4.78 is 12.4. The molecule has 1 aliphatic rings. The minimum absolute atomic E-state index is 0.126. The standard InChI is InChI=1S/C19H17N7O3S/c27-18(22-19-20-7-8-30-19)6-5-17-24-23-16-4-3-15(25-26(16)17)21-10-12-1-2-13-14(9-12)29-11-28-13/h1-4,7-9H,5-6,10-11H2,(H,21,25)(H,20,22,27). The maximum atomic E-state index is 12.1. The summed E-state index contributed by atoms with van der Waals surface area (Å²) >= 11 is 1.38. The van der Waals surface area contributed by atoms with Crippen LogP contribution in [0.15, 0.2) is 41.9 Å². The summed E-state index contributed by atoms with van der Waals surface area (Å²) in [4.78, 5) is 16.1. The van der Waals surface area contributed by atoms with Crippen molar-refractivity contribution in [1.29, 1.82) is 0 Å². The minimum atomic E-state index is -0.126. The highest BCUT2D eigenvalue weighted by Crippen LogP contribution is 2.32. The Hall–Kier alpha value is -3.73. The topological polar surface area (TPSA) is 116 Å². The lowest BCUT2D eigenvalue weighted by Gasteiger charge is -2.07. The van der Waals surface area contributed by atoms with Crippen molar-refractivity contribution in [3.63, 3.8) is 0 Å². The van der Waals surface area contributed by atoms with E-state index in [9.17, 15) is 4.79 Å². The van der Waals surface area contributed by atoms with Crippen LogP contribution in [0.25, 0.3) is 5.65 Å². The van der Waals surface area contributed by atoms with Crippen LogP contribution in [0.4, 0.5) is 10.9 Å². The molecule has 1 amide bonds. The molecule has 152 valence electrons. The SMILES string of the molecule is O=C(CCc1nnc2ccc(NCc3ccc4c(c3)OCO4)nn12)Nc1nccs1. The summed E-state index contributed by atoms with van der Waals surface area (Å²) in [5.41, 5.74) is 1.67.